The number of thioether (sulfide) groups is 1. The number of amidine groups is 1. The van der Waals surface area contributed by atoms with Crippen molar-refractivity contribution < 1.29 is 24.2 Å². The minimum Gasteiger partial charge on any atom is -0.550 e. The van der Waals surface area contributed by atoms with Crippen LogP contribution in [-0.2, 0) is 9.59 Å². The molecule has 1 saturated heterocycles. The van der Waals surface area contributed by atoms with E-state index in [2.05, 4.69) is 15.5 Å². The number of nitrogens with one attached hydrogen (secondary N) is 1. The number of amides is 1. The Kier molecular flexibility index (Phi) is 6.18. The van der Waals surface area contributed by atoms with Crippen LogP contribution in [0.4, 0.5) is 0 Å². The van der Waals surface area contributed by atoms with E-state index >= 15 is 0 Å². The van der Waals surface area contributed by atoms with Crippen LogP contribution < -0.4 is 15.2 Å². The van der Waals surface area contributed by atoms with Gasteiger partial charge in [0.25, 0.3) is 0 Å². The molecule has 1 aliphatic rings. The average molecular weight is 396 g/mol. The monoisotopic (exact) mass is 396 g/mol. The van der Waals surface area contributed by atoms with E-state index in [-0.39, 0.29) is 11.6 Å². The number of ether oxygens (including phenoxy) is 1. The van der Waals surface area contributed by atoms with E-state index in [1.165, 1.54) is 6.21 Å². The molecule has 9 heteroatoms. The predicted molar refractivity (Wildman–Crippen MR) is 102 cm³/mol. The molecule has 0 radical (unpaired) electrons. The number of carbonyl (C=O) groups is 3. The lowest BCUT2D eigenvalue weighted by Gasteiger charge is -2.04. The zero-order valence-electron chi connectivity index (χ0n) is 14.4. The van der Waals surface area contributed by atoms with E-state index in [0.717, 1.165) is 11.8 Å². The maximum Gasteiger partial charge on any atom is 0.343 e. The van der Waals surface area contributed by atoms with Crippen LogP contribution >= 0.6 is 11.8 Å². The minimum atomic E-state index is -1.30. The van der Waals surface area contributed by atoms with Crippen LogP contribution in [0, 0.1) is 0 Å². The van der Waals surface area contributed by atoms with Crippen molar-refractivity contribution in [2.75, 3.05) is 0 Å². The van der Waals surface area contributed by atoms with Crippen molar-refractivity contribution in [1.82, 2.24) is 5.32 Å². The highest BCUT2D eigenvalue weighted by Crippen LogP contribution is 2.22. The lowest BCUT2D eigenvalue weighted by molar-refractivity contribution is -0.305. The van der Waals surface area contributed by atoms with Gasteiger partial charge in [-0.15, -0.1) is 5.10 Å². The van der Waals surface area contributed by atoms with Gasteiger partial charge in [0.15, 0.2) is 5.17 Å². The molecule has 1 heterocycles. The number of carbonyl (C=O) groups excluding carboxylic acids is 3. The summed E-state index contributed by atoms with van der Waals surface area (Å²) in [6.45, 7) is 0. The van der Waals surface area contributed by atoms with Crippen LogP contribution in [-0.4, -0.2) is 34.5 Å². The van der Waals surface area contributed by atoms with Gasteiger partial charge in [-0.2, -0.15) is 5.10 Å². The van der Waals surface area contributed by atoms with Gasteiger partial charge in [0.2, 0.25) is 5.91 Å². The van der Waals surface area contributed by atoms with Gasteiger partial charge in [-0.25, -0.2) is 4.79 Å². The largest absolute Gasteiger partial charge is 0.550 e. The molecular weight excluding hydrogens is 382 g/mol. The maximum absolute atomic E-state index is 12.0. The molecule has 1 N–H and O–H groups in total. The third-order valence-corrected chi connectivity index (χ3v) is 4.66. The second-order valence-corrected chi connectivity index (χ2v) is 6.84. The summed E-state index contributed by atoms with van der Waals surface area (Å²) < 4.78 is 5.28. The standard InChI is InChI=1S/C19H15N3O5S/c23-16(24)10-15-17(25)21-19(28-15)22-20-11-12-6-8-14(9-7-12)27-18(26)13-4-2-1-3-5-13/h1-9,11,15H,10H2,(H,23,24)(H,21,22,25)/p-1/b20-11-/t15-/m0/s1. The molecule has 2 aromatic carbocycles. The first-order valence-corrected chi connectivity index (χ1v) is 9.05. The van der Waals surface area contributed by atoms with E-state index in [1.54, 1.807) is 48.5 Å². The molecule has 142 valence electrons. The van der Waals surface area contributed by atoms with Crippen molar-refractivity contribution in [3.8, 4) is 5.75 Å². The number of hydrogen-bond donors (Lipinski definition) is 1. The van der Waals surface area contributed by atoms with Crippen LogP contribution in [0.25, 0.3) is 0 Å². The number of nitrogens with zero attached hydrogens (tertiary/aromatic N) is 2. The fourth-order valence-corrected chi connectivity index (χ4v) is 3.16. The summed E-state index contributed by atoms with van der Waals surface area (Å²) in [6, 6.07) is 15.3. The maximum atomic E-state index is 12.0. The van der Waals surface area contributed by atoms with Gasteiger partial charge in [0, 0.05) is 12.4 Å². The van der Waals surface area contributed by atoms with Gasteiger partial charge in [-0.05, 0) is 42.0 Å². The lowest BCUT2D eigenvalue weighted by atomic mass is 10.2. The molecule has 0 unspecified atom stereocenters. The van der Waals surface area contributed by atoms with Crippen molar-refractivity contribution in [3.05, 3.63) is 65.7 Å². The van der Waals surface area contributed by atoms with E-state index in [1.807, 2.05) is 6.07 Å². The van der Waals surface area contributed by atoms with Gasteiger partial charge < -0.3 is 20.0 Å². The zero-order valence-corrected chi connectivity index (χ0v) is 15.2. The highest BCUT2D eigenvalue weighted by atomic mass is 32.2. The Bertz CT molecular complexity index is 942. The lowest BCUT2D eigenvalue weighted by Crippen LogP contribution is -2.31. The normalized spacial score (nSPS) is 17.6. The van der Waals surface area contributed by atoms with Crippen molar-refractivity contribution in [2.24, 2.45) is 10.2 Å². The first-order valence-electron chi connectivity index (χ1n) is 8.17. The van der Waals surface area contributed by atoms with Crippen LogP contribution in [0.2, 0.25) is 0 Å². The number of benzene rings is 2. The van der Waals surface area contributed by atoms with E-state index in [4.69, 9.17) is 4.74 Å². The van der Waals surface area contributed by atoms with E-state index < -0.39 is 23.1 Å². The molecule has 0 aromatic heterocycles. The van der Waals surface area contributed by atoms with Crippen LogP contribution in [0.5, 0.6) is 5.75 Å². The van der Waals surface area contributed by atoms with Crippen LogP contribution in [0.3, 0.4) is 0 Å². The van der Waals surface area contributed by atoms with Crippen molar-refractivity contribution in [1.29, 1.82) is 0 Å². The summed E-state index contributed by atoms with van der Waals surface area (Å²) in [4.78, 5) is 34.2. The second kappa shape index (κ2) is 8.96. The Morgan fingerprint density at radius 1 is 1.14 bits per heavy atom. The van der Waals surface area contributed by atoms with Crippen molar-refractivity contribution in [2.45, 2.75) is 11.7 Å². The Balaban J connectivity index is 1.56. The fourth-order valence-electron chi connectivity index (χ4n) is 2.25. The number of aliphatic carboxylic acids is 1. The van der Waals surface area contributed by atoms with Gasteiger partial charge in [0.1, 0.15) is 5.75 Å². The predicted octanol–water partition coefficient (Wildman–Crippen LogP) is 0.967. The first kappa shape index (κ1) is 19.3. The second-order valence-electron chi connectivity index (χ2n) is 5.65. The van der Waals surface area contributed by atoms with Gasteiger partial charge in [-0.3, -0.25) is 4.79 Å². The highest BCUT2D eigenvalue weighted by molar-refractivity contribution is 8.15. The summed E-state index contributed by atoms with van der Waals surface area (Å²) >= 11 is 0.987. The van der Waals surface area contributed by atoms with Crippen LogP contribution in [0.1, 0.15) is 22.3 Å². The number of rotatable bonds is 6. The summed E-state index contributed by atoms with van der Waals surface area (Å²) in [5.74, 6) is -1.80. The number of hydrogen-bond acceptors (Lipinski definition) is 8. The number of esters is 1. The Morgan fingerprint density at radius 3 is 2.54 bits per heavy atom. The summed E-state index contributed by atoms with van der Waals surface area (Å²) in [5.41, 5.74) is 1.15. The van der Waals surface area contributed by atoms with Crippen molar-refractivity contribution >= 4 is 41.0 Å². The number of carboxylic acids is 1. The summed E-state index contributed by atoms with van der Waals surface area (Å²) in [5, 5.41) is 20.2. The molecule has 3 rings (SSSR count). The third-order valence-electron chi connectivity index (χ3n) is 3.58. The van der Waals surface area contributed by atoms with E-state index in [9.17, 15) is 19.5 Å². The molecule has 1 amide bonds. The average Bonchev–Trinajstić information content (AvgIpc) is 3.02. The molecule has 8 nitrogen and oxygen atoms in total. The molecule has 2 aromatic rings. The molecule has 1 fully saturated rings. The zero-order chi connectivity index (χ0) is 19.9. The smallest absolute Gasteiger partial charge is 0.343 e. The Hall–Kier alpha value is -3.46. The quantitative estimate of drug-likeness (QED) is 0.336. The topological polar surface area (TPSA) is 120 Å². The summed E-state index contributed by atoms with van der Waals surface area (Å²) in [7, 11) is 0. The first-order chi connectivity index (χ1) is 13.5. The molecular formula is C19H14N3O5S-. The SMILES string of the molecule is O=C([O-])C[C@@H]1S/C(=N/N=C\c2ccc(OC(=O)c3ccccc3)cc2)NC1=O. The molecule has 0 aliphatic carbocycles. The number of carboxylic acid groups (broad SMARTS) is 1. The van der Waals surface area contributed by atoms with Gasteiger partial charge in [-0.1, -0.05) is 30.0 Å². The van der Waals surface area contributed by atoms with Gasteiger partial charge >= 0.3 is 5.97 Å². The Labute approximate surface area is 164 Å². The molecule has 0 saturated carbocycles. The van der Waals surface area contributed by atoms with Crippen molar-refractivity contribution in [3.63, 3.8) is 0 Å². The van der Waals surface area contributed by atoms with Crippen LogP contribution in [0.15, 0.2) is 64.8 Å². The summed E-state index contributed by atoms with van der Waals surface area (Å²) in [6.07, 6.45) is 1.07. The molecule has 0 spiro atoms. The molecule has 28 heavy (non-hydrogen) atoms. The molecule has 1 aliphatic heterocycles. The molecule has 0 bridgehead atoms. The van der Waals surface area contributed by atoms with E-state index in [0.29, 0.717) is 16.9 Å². The minimum absolute atomic E-state index is 0.223. The Morgan fingerprint density at radius 2 is 1.86 bits per heavy atom. The highest BCUT2D eigenvalue weighted by Gasteiger charge is 2.30. The fraction of sp³-hybridized carbons (Fsp3) is 0.105. The molecule has 1 atom stereocenters. The third kappa shape index (κ3) is 5.27. The van der Waals surface area contributed by atoms with Gasteiger partial charge in [0.05, 0.1) is 17.0 Å².